The van der Waals surface area contributed by atoms with Crippen LogP contribution in [-0.2, 0) is 9.59 Å². The highest BCUT2D eigenvalue weighted by Gasteiger charge is 2.36. The lowest BCUT2D eigenvalue weighted by atomic mass is 10.1. The van der Waals surface area contributed by atoms with E-state index in [2.05, 4.69) is 5.32 Å². The van der Waals surface area contributed by atoms with Gasteiger partial charge in [-0.3, -0.25) is 14.9 Å². The van der Waals surface area contributed by atoms with E-state index in [1.807, 2.05) is 0 Å². The molecule has 1 heterocycles. The first kappa shape index (κ1) is 17.2. The van der Waals surface area contributed by atoms with E-state index in [0.717, 1.165) is 4.90 Å². The predicted octanol–water partition coefficient (Wildman–Crippen LogP) is 2.37. The first-order chi connectivity index (χ1) is 12.5. The summed E-state index contributed by atoms with van der Waals surface area (Å²) in [6.07, 6.45) is 1.40. The number of ether oxygens (including phenoxy) is 2. The molecule has 0 radical (unpaired) electrons. The molecule has 4 amide bonds. The number of anilines is 1. The number of urea groups is 1. The molecule has 26 heavy (non-hydrogen) atoms. The van der Waals surface area contributed by atoms with Gasteiger partial charge in [0.2, 0.25) is 0 Å². The summed E-state index contributed by atoms with van der Waals surface area (Å²) < 4.78 is 10.3. The van der Waals surface area contributed by atoms with E-state index in [4.69, 9.17) is 9.47 Å². The monoisotopic (exact) mass is 352 g/mol. The van der Waals surface area contributed by atoms with E-state index >= 15 is 0 Å². The number of rotatable bonds is 4. The highest BCUT2D eigenvalue weighted by atomic mass is 16.5. The molecule has 132 valence electrons. The third kappa shape index (κ3) is 3.14. The maximum atomic E-state index is 12.8. The van der Waals surface area contributed by atoms with Gasteiger partial charge >= 0.3 is 6.03 Å². The van der Waals surface area contributed by atoms with Gasteiger partial charge in [0.15, 0.2) is 0 Å². The van der Waals surface area contributed by atoms with Crippen LogP contribution in [0.3, 0.4) is 0 Å². The molecule has 1 aliphatic heterocycles. The quantitative estimate of drug-likeness (QED) is 0.674. The van der Waals surface area contributed by atoms with Gasteiger partial charge in [-0.15, -0.1) is 0 Å². The summed E-state index contributed by atoms with van der Waals surface area (Å²) in [6.45, 7) is 0. The summed E-state index contributed by atoms with van der Waals surface area (Å²) in [7, 11) is 3.01. The molecule has 0 atom stereocenters. The Morgan fingerprint density at radius 2 is 1.62 bits per heavy atom. The third-order valence-electron chi connectivity index (χ3n) is 3.87. The van der Waals surface area contributed by atoms with Crippen LogP contribution in [0.5, 0.6) is 11.5 Å². The van der Waals surface area contributed by atoms with Crippen molar-refractivity contribution in [3.05, 3.63) is 59.7 Å². The lowest BCUT2D eigenvalue weighted by Crippen LogP contribution is -2.54. The molecule has 1 aliphatic rings. The molecule has 0 aromatic heterocycles. The van der Waals surface area contributed by atoms with Crippen molar-refractivity contribution in [1.82, 2.24) is 5.32 Å². The molecule has 1 fully saturated rings. The SMILES string of the molecule is COc1ccc(N2C(=O)NC(=O)/C(=C/c3ccccc3OC)C2=O)cc1. The average molecular weight is 352 g/mol. The smallest absolute Gasteiger partial charge is 0.335 e. The molecular formula is C19H16N2O5. The Hall–Kier alpha value is -3.61. The van der Waals surface area contributed by atoms with Gasteiger partial charge in [-0.25, -0.2) is 9.69 Å². The van der Waals surface area contributed by atoms with Gasteiger partial charge in [0, 0.05) is 5.56 Å². The maximum Gasteiger partial charge on any atom is 0.335 e. The lowest BCUT2D eigenvalue weighted by molar-refractivity contribution is -0.122. The van der Waals surface area contributed by atoms with E-state index in [0.29, 0.717) is 22.7 Å². The molecule has 0 bridgehead atoms. The second-order valence-corrected chi connectivity index (χ2v) is 5.40. The number of nitrogens with zero attached hydrogens (tertiary/aromatic N) is 1. The number of amides is 4. The molecule has 7 heteroatoms. The lowest BCUT2D eigenvalue weighted by Gasteiger charge is -2.26. The van der Waals surface area contributed by atoms with Gasteiger partial charge in [0.1, 0.15) is 17.1 Å². The Balaban J connectivity index is 2.01. The summed E-state index contributed by atoms with van der Waals surface area (Å²) in [6, 6.07) is 12.5. The van der Waals surface area contributed by atoms with Gasteiger partial charge in [-0.2, -0.15) is 0 Å². The van der Waals surface area contributed by atoms with E-state index in [9.17, 15) is 14.4 Å². The standard InChI is InChI=1S/C19H16N2O5/c1-25-14-9-7-13(8-10-14)21-18(23)15(17(22)20-19(21)24)11-12-5-3-4-6-16(12)26-2/h3-11H,1-2H3,(H,20,22,24)/b15-11-. The molecule has 7 nitrogen and oxygen atoms in total. The zero-order valence-electron chi connectivity index (χ0n) is 14.2. The maximum absolute atomic E-state index is 12.8. The molecular weight excluding hydrogens is 336 g/mol. The van der Waals surface area contributed by atoms with Crippen LogP contribution in [0.15, 0.2) is 54.1 Å². The Morgan fingerprint density at radius 1 is 0.923 bits per heavy atom. The van der Waals surface area contributed by atoms with Crippen LogP contribution in [0.1, 0.15) is 5.56 Å². The van der Waals surface area contributed by atoms with E-state index < -0.39 is 17.8 Å². The van der Waals surface area contributed by atoms with Gasteiger partial charge < -0.3 is 9.47 Å². The van der Waals surface area contributed by atoms with Crippen molar-refractivity contribution in [2.75, 3.05) is 19.1 Å². The second kappa shape index (κ2) is 7.10. The highest BCUT2D eigenvalue weighted by Crippen LogP contribution is 2.26. The van der Waals surface area contributed by atoms with Crippen molar-refractivity contribution in [1.29, 1.82) is 0 Å². The first-order valence-corrected chi connectivity index (χ1v) is 7.73. The Bertz CT molecular complexity index is 902. The van der Waals surface area contributed by atoms with E-state index in [-0.39, 0.29) is 5.57 Å². The molecule has 0 saturated carbocycles. The van der Waals surface area contributed by atoms with Crippen LogP contribution in [0.4, 0.5) is 10.5 Å². The van der Waals surface area contributed by atoms with Crippen molar-refractivity contribution < 1.29 is 23.9 Å². The first-order valence-electron chi connectivity index (χ1n) is 7.73. The molecule has 1 saturated heterocycles. The molecule has 3 rings (SSSR count). The topological polar surface area (TPSA) is 84.9 Å². The Morgan fingerprint density at radius 3 is 2.27 bits per heavy atom. The number of imide groups is 2. The normalized spacial score (nSPS) is 15.8. The zero-order valence-corrected chi connectivity index (χ0v) is 14.2. The van der Waals surface area contributed by atoms with Crippen LogP contribution < -0.4 is 19.7 Å². The fourth-order valence-electron chi connectivity index (χ4n) is 2.56. The van der Waals surface area contributed by atoms with Crippen molar-refractivity contribution in [3.8, 4) is 11.5 Å². The third-order valence-corrected chi connectivity index (χ3v) is 3.87. The molecule has 2 aromatic carbocycles. The van der Waals surface area contributed by atoms with Gasteiger partial charge in [-0.1, -0.05) is 18.2 Å². The molecule has 0 spiro atoms. The highest BCUT2D eigenvalue weighted by molar-refractivity contribution is 6.39. The average Bonchev–Trinajstić information content (AvgIpc) is 2.66. The Labute approximate surface area is 149 Å². The summed E-state index contributed by atoms with van der Waals surface area (Å²) in [5.41, 5.74) is 0.717. The number of para-hydroxylation sites is 1. The van der Waals surface area contributed by atoms with Crippen LogP contribution in [0.2, 0.25) is 0 Å². The number of hydrogen-bond donors (Lipinski definition) is 1. The summed E-state index contributed by atoms with van der Waals surface area (Å²) in [5.74, 6) is -0.376. The molecule has 1 N–H and O–H groups in total. The molecule has 2 aromatic rings. The fourth-order valence-corrected chi connectivity index (χ4v) is 2.56. The van der Waals surface area contributed by atoms with Crippen molar-refractivity contribution in [2.24, 2.45) is 0 Å². The minimum atomic E-state index is -0.803. The number of methoxy groups -OCH3 is 2. The number of benzene rings is 2. The molecule has 0 unspecified atom stereocenters. The summed E-state index contributed by atoms with van der Waals surface area (Å²) in [5, 5.41) is 2.18. The van der Waals surface area contributed by atoms with Crippen LogP contribution in [-0.4, -0.2) is 32.1 Å². The van der Waals surface area contributed by atoms with Gasteiger partial charge in [0.25, 0.3) is 11.8 Å². The minimum Gasteiger partial charge on any atom is -0.497 e. The van der Waals surface area contributed by atoms with Crippen molar-refractivity contribution in [2.45, 2.75) is 0 Å². The van der Waals surface area contributed by atoms with Crippen LogP contribution in [0, 0.1) is 0 Å². The molecule has 0 aliphatic carbocycles. The van der Waals surface area contributed by atoms with Crippen molar-refractivity contribution >= 4 is 29.6 Å². The van der Waals surface area contributed by atoms with E-state index in [1.165, 1.54) is 20.3 Å². The van der Waals surface area contributed by atoms with Crippen molar-refractivity contribution in [3.63, 3.8) is 0 Å². The van der Waals surface area contributed by atoms with E-state index in [1.54, 1.807) is 48.5 Å². The second-order valence-electron chi connectivity index (χ2n) is 5.40. The minimum absolute atomic E-state index is 0.162. The Kier molecular flexibility index (Phi) is 4.70. The fraction of sp³-hybridized carbons (Fsp3) is 0.105. The largest absolute Gasteiger partial charge is 0.497 e. The number of nitrogens with one attached hydrogen (secondary N) is 1. The number of carbonyl (C=O) groups is 3. The zero-order chi connectivity index (χ0) is 18.7. The predicted molar refractivity (Wildman–Crippen MR) is 95.0 cm³/mol. The summed E-state index contributed by atoms with van der Waals surface area (Å²) in [4.78, 5) is 38.1. The number of barbiturate groups is 1. The summed E-state index contributed by atoms with van der Waals surface area (Å²) >= 11 is 0. The van der Waals surface area contributed by atoms with Gasteiger partial charge in [-0.05, 0) is 36.4 Å². The van der Waals surface area contributed by atoms with Crippen LogP contribution >= 0.6 is 0 Å². The van der Waals surface area contributed by atoms with Gasteiger partial charge in [0.05, 0.1) is 19.9 Å². The number of carbonyl (C=O) groups excluding carboxylic acids is 3. The van der Waals surface area contributed by atoms with Crippen LogP contribution in [0.25, 0.3) is 6.08 Å². The number of hydrogen-bond acceptors (Lipinski definition) is 5.